The zero-order valence-corrected chi connectivity index (χ0v) is 22.1. The van der Waals surface area contributed by atoms with E-state index in [0.29, 0.717) is 13.1 Å². The number of alkyl halides is 3. The van der Waals surface area contributed by atoms with E-state index in [2.05, 4.69) is 32.0 Å². The fraction of sp³-hybridized carbons (Fsp3) is 0.333. The van der Waals surface area contributed by atoms with Crippen molar-refractivity contribution in [1.82, 2.24) is 19.8 Å². The molecule has 1 aliphatic rings. The lowest BCUT2D eigenvalue weighted by Crippen LogP contribution is -2.47. The van der Waals surface area contributed by atoms with Gasteiger partial charge in [0.2, 0.25) is 0 Å². The van der Waals surface area contributed by atoms with Crippen molar-refractivity contribution in [3.05, 3.63) is 95.8 Å². The van der Waals surface area contributed by atoms with Gasteiger partial charge in [-0.1, -0.05) is 54.6 Å². The minimum absolute atomic E-state index is 0.0847. The third-order valence-corrected chi connectivity index (χ3v) is 7.00. The molecule has 0 bridgehead atoms. The maximum absolute atomic E-state index is 12.7. The van der Waals surface area contributed by atoms with Crippen LogP contribution in [0.15, 0.2) is 78.9 Å². The van der Waals surface area contributed by atoms with Gasteiger partial charge in [0.15, 0.2) is 0 Å². The van der Waals surface area contributed by atoms with E-state index in [1.54, 1.807) is 12.1 Å². The molecule has 0 aliphatic carbocycles. The van der Waals surface area contributed by atoms with Crippen LogP contribution in [0.4, 0.5) is 19.0 Å². The van der Waals surface area contributed by atoms with Gasteiger partial charge in [-0.25, -0.2) is 9.97 Å². The number of ether oxygens (including phenoxy) is 1. The molecule has 0 spiro atoms. The number of aromatic nitrogens is 2. The van der Waals surface area contributed by atoms with Crippen LogP contribution >= 0.6 is 0 Å². The highest BCUT2D eigenvalue weighted by atomic mass is 19.4. The van der Waals surface area contributed by atoms with Crippen molar-refractivity contribution >= 4 is 16.7 Å². The molecule has 1 atom stereocenters. The molecular weight excluding hydrogens is 517 g/mol. The highest BCUT2D eigenvalue weighted by Gasteiger charge is 2.31. The van der Waals surface area contributed by atoms with Gasteiger partial charge in [-0.3, -0.25) is 9.80 Å². The van der Waals surface area contributed by atoms with Crippen LogP contribution in [0.25, 0.3) is 10.9 Å². The van der Waals surface area contributed by atoms with E-state index in [9.17, 15) is 13.2 Å². The summed E-state index contributed by atoms with van der Waals surface area (Å²) in [4.78, 5) is 14.4. The second kappa shape index (κ2) is 12.6. The average molecular weight is 551 g/mol. The van der Waals surface area contributed by atoms with E-state index < -0.39 is 6.36 Å². The van der Waals surface area contributed by atoms with Crippen molar-refractivity contribution < 1.29 is 17.9 Å². The molecule has 7 nitrogen and oxygen atoms in total. The summed E-state index contributed by atoms with van der Waals surface area (Å²) in [5.74, 6) is 1.37. The molecule has 4 aromatic rings. The van der Waals surface area contributed by atoms with E-state index >= 15 is 0 Å². The van der Waals surface area contributed by atoms with Crippen LogP contribution in [0.3, 0.4) is 0 Å². The molecule has 40 heavy (non-hydrogen) atoms. The Morgan fingerprint density at radius 1 is 0.850 bits per heavy atom. The smallest absolute Gasteiger partial charge is 0.406 e. The second-order valence-corrected chi connectivity index (χ2v) is 9.82. The fourth-order valence-corrected chi connectivity index (χ4v) is 5.12. The molecule has 5 rings (SSSR count). The number of nitrogens with zero attached hydrogens (tertiary/aromatic N) is 4. The van der Waals surface area contributed by atoms with Crippen molar-refractivity contribution in [2.45, 2.75) is 25.4 Å². The number of rotatable bonds is 10. The first-order valence-electron chi connectivity index (χ1n) is 13.5. The molecule has 0 amide bonds. The average Bonchev–Trinajstić information content (AvgIpc) is 2.95. The summed E-state index contributed by atoms with van der Waals surface area (Å²) in [5, 5.41) is 4.40. The standard InChI is InChI=1S/C30H33F3N6O/c31-30(32,33)40-24-13-11-23(12-14-24)28(22-7-2-1-3-8-22)39-19-17-38(18-20-39)21-27-36-26-10-5-4-9-25(26)29(37-27)35-16-6-15-34/h1-5,7-14,28H,6,15-21,34H2,(H,35,36,37). The Labute approximate surface area is 231 Å². The van der Waals surface area contributed by atoms with Crippen LogP contribution in [0.5, 0.6) is 5.75 Å². The van der Waals surface area contributed by atoms with Gasteiger partial charge in [0.25, 0.3) is 0 Å². The Morgan fingerprint density at radius 2 is 1.52 bits per heavy atom. The maximum atomic E-state index is 12.7. The number of fused-ring (bicyclic) bond motifs is 1. The number of piperazine rings is 1. The summed E-state index contributed by atoms with van der Waals surface area (Å²) in [7, 11) is 0. The van der Waals surface area contributed by atoms with Gasteiger partial charge in [0.05, 0.1) is 18.1 Å². The molecule has 0 saturated carbocycles. The fourth-order valence-electron chi connectivity index (χ4n) is 5.12. The number of hydrogen-bond acceptors (Lipinski definition) is 7. The summed E-state index contributed by atoms with van der Waals surface area (Å²) >= 11 is 0. The lowest BCUT2D eigenvalue weighted by molar-refractivity contribution is -0.274. The highest BCUT2D eigenvalue weighted by molar-refractivity contribution is 5.88. The van der Waals surface area contributed by atoms with Gasteiger partial charge < -0.3 is 15.8 Å². The Hall–Kier alpha value is -3.73. The minimum Gasteiger partial charge on any atom is -0.406 e. The number of nitrogens with one attached hydrogen (secondary N) is 1. The second-order valence-electron chi connectivity index (χ2n) is 9.82. The van der Waals surface area contributed by atoms with Gasteiger partial charge in [0, 0.05) is 38.1 Å². The Bertz CT molecular complexity index is 1380. The number of halogens is 3. The van der Waals surface area contributed by atoms with E-state index in [-0.39, 0.29) is 11.8 Å². The number of anilines is 1. The first kappa shape index (κ1) is 27.8. The number of hydrogen-bond donors (Lipinski definition) is 2. The summed E-state index contributed by atoms with van der Waals surface area (Å²) in [5.41, 5.74) is 8.58. The Kier molecular flexibility index (Phi) is 8.78. The summed E-state index contributed by atoms with van der Waals surface area (Å²) in [6.45, 7) is 5.19. The SMILES string of the molecule is NCCCNc1nc(CN2CCN(C(c3ccccc3)c3ccc(OC(F)(F)F)cc3)CC2)nc2ccccc12. The van der Waals surface area contributed by atoms with Crippen LogP contribution in [-0.4, -0.2) is 65.4 Å². The van der Waals surface area contributed by atoms with Crippen molar-refractivity contribution in [2.75, 3.05) is 44.6 Å². The van der Waals surface area contributed by atoms with E-state index in [4.69, 9.17) is 15.7 Å². The number of nitrogens with two attached hydrogens (primary N) is 1. The third kappa shape index (κ3) is 7.07. The number of benzene rings is 3. The molecule has 210 valence electrons. The first-order chi connectivity index (χ1) is 19.4. The summed E-state index contributed by atoms with van der Waals surface area (Å²) < 4.78 is 42.1. The molecule has 1 aromatic heterocycles. The zero-order chi connectivity index (χ0) is 28.0. The first-order valence-corrected chi connectivity index (χ1v) is 13.5. The molecule has 1 saturated heterocycles. The van der Waals surface area contributed by atoms with Crippen LogP contribution in [-0.2, 0) is 6.54 Å². The van der Waals surface area contributed by atoms with Crippen molar-refractivity contribution in [2.24, 2.45) is 5.73 Å². The van der Waals surface area contributed by atoms with Gasteiger partial charge in [-0.15, -0.1) is 13.2 Å². The topological polar surface area (TPSA) is 79.5 Å². The molecule has 2 heterocycles. The number of para-hydroxylation sites is 1. The maximum Gasteiger partial charge on any atom is 0.573 e. The van der Waals surface area contributed by atoms with Gasteiger partial charge >= 0.3 is 6.36 Å². The molecule has 3 N–H and O–H groups in total. The van der Waals surface area contributed by atoms with E-state index in [1.165, 1.54) is 12.1 Å². The molecule has 1 aliphatic heterocycles. The molecular formula is C30H33F3N6O. The van der Waals surface area contributed by atoms with Gasteiger partial charge in [-0.2, -0.15) is 0 Å². The predicted molar refractivity (Wildman–Crippen MR) is 150 cm³/mol. The molecule has 1 fully saturated rings. The largest absolute Gasteiger partial charge is 0.573 e. The monoisotopic (exact) mass is 550 g/mol. The zero-order valence-electron chi connectivity index (χ0n) is 22.1. The Balaban J connectivity index is 1.29. The lowest BCUT2D eigenvalue weighted by atomic mass is 9.96. The van der Waals surface area contributed by atoms with Crippen molar-refractivity contribution in [3.8, 4) is 5.75 Å². The van der Waals surface area contributed by atoms with Crippen LogP contribution in [0.1, 0.15) is 29.4 Å². The van der Waals surface area contributed by atoms with Crippen LogP contribution in [0, 0.1) is 0 Å². The third-order valence-electron chi connectivity index (χ3n) is 7.00. The minimum atomic E-state index is -4.72. The van der Waals surface area contributed by atoms with Crippen LogP contribution in [0.2, 0.25) is 0 Å². The normalized spacial score (nSPS) is 15.7. The molecule has 3 aromatic carbocycles. The van der Waals surface area contributed by atoms with Crippen molar-refractivity contribution in [3.63, 3.8) is 0 Å². The van der Waals surface area contributed by atoms with Crippen LogP contribution < -0.4 is 15.8 Å². The molecule has 1 unspecified atom stereocenters. The quantitative estimate of drug-likeness (QED) is 0.263. The predicted octanol–water partition coefficient (Wildman–Crippen LogP) is 5.20. The lowest BCUT2D eigenvalue weighted by Gasteiger charge is -2.39. The summed E-state index contributed by atoms with van der Waals surface area (Å²) in [6, 6.07) is 24.1. The highest BCUT2D eigenvalue weighted by Crippen LogP contribution is 2.32. The van der Waals surface area contributed by atoms with E-state index in [0.717, 1.165) is 72.8 Å². The van der Waals surface area contributed by atoms with E-state index in [1.807, 2.05) is 42.5 Å². The van der Waals surface area contributed by atoms with Gasteiger partial charge in [0.1, 0.15) is 17.4 Å². The molecule has 10 heteroatoms. The Morgan fingerprint density at radius 3 is 2.23 bits per heavy atom. The van der Waals surface area contributed by atoms with Crippen molar-refractivity contribution in [1.29, 1.82) is 0 Å². The summed E-state index contributed by atoms with van der Waals surface area (Å²) in [6.07, 6.45) is -3.86. The van der Waals surface area contributed by atoms with Gasteiger partial charge in [-0.05, 0) is 48.4 Å². The molecule has 0 radical (unpaired) electrons.